The van der Waals surface area contributed by atoms with E-state index in [1.165, 1.54) is 29.6 Å². The van der Waals surface area contributed by atoms with Crippen molar-refractivity contribution in [3.05, 3.63) is 59.2 Å². The number of hydrogen-bond donors (Lipinski definition) is 1. The third-order valence-electron chi connectivity index (χ3n) is 4.94. The van der Waals surface area contributed by atoms with Crippen LogP contribution in [0.4, 0.5) is 5.69 Å². The number of amides is 1. The summed E-state index contributed by atoms with van der Waals surface area (Å²) >= 11 is 6.18. The number of hydrogen-bond acceptors (Lipinski definition) is 6. The molecule has 2 heterocycles. The molecule has 0 aliphatic carbocycles. The van der Waals surface area contributed by atoms with Crippen LogP contribution in [-0.4, -0.2) is 57.0 Å². The Labute approximate surface area is 184 Å². The van der Waals surface area contributed by atoms with E-state index in [9.17, 15) is 13.2 Å². The van der Waals surface area contributed by atoms with Crippen molar-refractivity contribution in [3.63, 3.8) is 0 Å². The molecule has 0 saturated carbocycles. The van der Waals surface area contributed by atoms with Gasteiger partial charge in [-0.05, 0) is 36.4 Å². The van der Waals surface area contributed by atoms with Crippen molar-refractivity contribution in [1.82, 2.24) is 9.29 Å². The molecule has 1 amide bonds. The minimum Gasteiger partial charge on any atom is -0.496 e. The number of halogens is 1. The second-order valence-corrected chi connectivity index (χ2v) is 9.24. The van der Waals surface area contributed by atoms with Gasteiger partial charge < -0.3 is 14.8 Å². The minimum atomic E-state index is -3.77. The van der Waals surface area contributed by atoms with Gasteiger partial charge in [0.1, 0.15) is 5.75 Å². The highest BCUT2D eigenvalue weighted by Gasteiger charge is 2.28. The quantitative estimate of drug-likeness (QED) is 0.626. The number of ether oxygens (including phenoxy) is 2. The predicted molar refractivity (Wildman–Crippen MR) is 117 cm³/mol. The molecule has 1 aromatic heterocycles. The van der Waals surface area contributed by atoms with Crippen LogP contribution in [0.25, 0.3) is 10.9 Å². The molecular formula is C21H20ClN3O5S. The monoisotopic (exact) mass is 461 g/mol. The van der Waals surface area contributed by atoms with Crippen LogP contribution in [0.1, 0.15) is 10.4 Å². The van der Waals surface area contributed by atoms with Crippen LogP contribution >= 0.6 is 11.6 Å². The van der Waals surface area contributed by atoms with Gasteiger partial charge in [-0.25, -0.2) is 8.42 Å². The van der Waals surface area contributed by atoms with Crippen molar-refractivity contribution in [1.29, 1.82) is 0 Å². The van der Waals surface area contributed by atoms with Crippen LogP contribution in [-0.2, 0) is 14.8 Å². The van der Waals surface area contributed by atoms with Gasteiger partial charge in [0, 0.05) is 29.7 Å². The number of aromatic nitrogens is 1. The Hall–Kier alpha value is -2.72. The molecule has 0 spiro atoms. The summed E-state index contributed by atoms with van der Waals surface area (Å²) in [5.74, 6) is -0.289. The van der Waals surface area contributed by atoms with Crippen molar-refractivity contribution < 1.29 is 22.7 Å². The summed E-state index contributed by atoms with van der Waals surface area (Å²) in [5, 5.41) is 3.98. The Morgan fingerprint density at radius 3 is 2.71 bits per heavy atom. The van der Waals surface area contributed by atoms with E-state index in [0.717, 1.165) is 5.39 Å². The van der Waals surface area contributed by atoms with Gasteiger partial charge in [-0.1, -0.05) is 17.7 Å². The first-order valence-electron chi connectivity index (χ1n) is 9.52. The number of benzene rings is 2. The fourth-order valence-electron chi connectivity index (χ4n) is 3.40. The Morgan fingerprint density at radius 1 is 1.19 bits per heavy atom. The van der Waals surface area contributed by atoms with E-state index in [2.05, 4.69) is 10.3 Å². The van der Waals surface area contributed by atoms with Gasteiger partial charge in [0.25, 0.3) is 5.91 Å². The second kappa shape index (κ2) is 8.80. The van der Waals surface area contributed by atoms with Crippen LogP contribution in [0.2, 0.25) is 5.02 Å². The first-order chi connectivity index (χ1) is 14.9. The highest BCUT2D eigenvalue weighted by molar-refractivity contribution is 7.89. The molecule has 2 aromatic carbocycles. The number of fused-ring (bicyclic) bond motifs is 1. The van der Waals surface area contributed by atoms with Crippen LogP contribution in [0, 0.1) is 0 Å². The van der Waals surface area contributed by atoms with Gasteiger partial charge in [0.15, 0.2) is 0 Å². The standard InChI is InChI=1S/C21H20ClN3O5S/c1-29-19-5-4-16(31(27,28)25-7-9-30-10-8-25)13-17(19)21(26)24-18-12-15(22)11-14-3-2-6-23-20(14)18/h2-6,11-13H,7-10H2,1H3,(H,24,26). The highest BCUT2D eigenvalue weighted by Crippen LogP contribution is 2.29. The summed E-state index contributed by atoms with van der Waals surface area (Å²) in [6.07, 6.45) is 1.61. The number of methoxy groups -OCH3 is 1. The highest BCUT2D eigenvalue weighted by atomic mass is 35.5. The van der Waals surface area contributed by atoms with Gasteiger partial charge in [-0.2, -0.15) is 4.31 Å². The fraction of sp³-hybridized carbons (Fsp3) is 0.238. The molecule has 3 aromatic rings. The maximum Gasteiger partial charge on any atom is 0.259 e. The van der Waals surface area contributed by atoms with Gasteiger partial charge in [0.2, 0.25) is 10.0 Å². The third-order valence-corrected chi connectivity index (χ3v) is 7.05. The van der Waals surface area contributed by atoms with E-state index in [4.69, 9.17) is 21.1 Å². The number of carbonyl (C=O) groups excluding carboxylic acids is 1. The molecule has 31 heavy (non-hydrogen) atoms. The van der Waals surface area contributed by atoms with Gasteiger partial charge in [-0.15, -0.1) is 0 Å². The molecule has 1 fully saturated rings. The lowest BCUT2D eigenvalue weighted by Crippen LogP contribution is -2.40. The minimum absolute atomic E-state index is 0.00873. The van der Waals surface area contributed by atoms with E-state index in [1.54, 1.807) is 24.4 Å². The molecular weight excluding hydrogens is 442 g/mol. The Morgan fingerprint density at radius 2 is 1.97 bits per heavy atom. The lowest BCUT2D eigenvalue weighted by Gasteiger charge is -2.26. The largest absolute Gasteiger partial charge is 0.496 e. The van der Waals surface area contributed by atoms with Crippen LogP contribution < -0.4 is 10.1 Å². The van der Waals surface area contributed by atoms with E-state index >= 15 is 0 Å². The van der Waals surface area contributed by atoms with Crippen molar-refractivity contribution in [3.8, 4) is 5.75 Å². The van der Waals surface area contributed by atoms with Gasteiger partial charge in [-0.3, -0.25) is 9.78 Å². The molecule has 162 valence electrons. The molecule has 0 radical (unpaired) electrons. The van der Waals surface area contributed by atoms with E-state index < -0.39 is 15.9 Å². The average molecular weight is 462 g/mol. The second-order valence-electron chi connectivity index (χ2n) is 6.86. The predicted octanol–water partition coefficient (Wildman–Crippen LogP) is 3.17. The average Bonchev–Trinajstić information content (AvgIpc) is 2.79. The van der Waals surface area contributed by atoms with Crippen LogP contribution in [0.5, 0.6) is 5.75 Å². The van der Waals surface area contributed by atoms with E-state index in [1.807, 2.05) is 6.07 Å². The number of morpholine rings is 1. The van der Waals surface area contributed by atoms with Crippen molar-refractivity contribution in [2.75, 3.05) is 38.7 Å². The van der Waals surface area contributed by atoms with Gasteiger partial charge >= 0.3 is 0 Å². The zero-order valence-electron chi connectivity index (χ0n) is 16.7. The zero-order valence-corrected chi connectivity index (χ0v) is 18.2. The molecule has 1 aliphatic heterocycles. The normalized spacial score (nSPS) is 15.0. The van der Waals surface area contributed by atoms with Crippen molar-refractivity contribution >= 4 is 44.1 Å². The lowest BCUT2D eigenvalue weighted by molar-refractivity contribution is 0.0730. The van der Waals surface area contributed by atoms with Crippen LogP contribution in [0.3, 0.4) is 0 Å². The zero-order chi connectivity index (χ0) is 22.0. The maximum atomic E-state index is 13.1. The SMILES string of the molecule is COc1ccc(S(=O)(=O)N2CCOCC2)cc1C(=O)Nc1cc(Cl)cc2cccnc12. The Balaban J connectivity index is 1.71. The summed E-state index contributed by atoms with van der Waals surface area (Å²) in [6, 6.07) is 11.2. The topological polar surface area (TPSA) is 97.8 Å². The number of carbonyl (C=O) groups is 1. The first-order valence-corrected chi connectivity index (χ1v) is 11.3. The number of pyridine rings is 1. The molecule has 10 heteroatoms. The van der Waals surface area contributed by atoms with Crippen LogP contribution in [0.15, 0.2) is 53.6 Å². The smallest absolute Gasteiger partial charge is 0.259 e. The number of rotatable bonds is 5. The molecule has 0 unspecified atom stereocenters. The molecule has 8 nitrogen and oxygen atoms in total. The fourth-order valence-corrected chi connectivity index (χ4v) is 5.06. The lowest BCUT2D eigenvalue weighted by atomic mass is 10.1. The Bertz CT molecular complexity index is 1240. The van der Waals surface area contributed by atoms with E-state index in [-0.39, 0.29) is 29.3 Å². The van der Waals surface area contributed by atoms with Crippen molar-refractivity contribution in [2.24, 2.45) is 0 Å². The summed E-state index contributed by atoms with van der Waals surface area (Å²) in [4.78, 5) is 17.4. The molecule has 1 aliphatic rings. The number of nitrogens with zero attached hydrogens (tertiary/aromatic N) is 2. The number of sulfonamides is 1. The summed E-state index contributed by atoms with van der Waals surface area (Å²) in [7, 11) is -2.36. The first kappa shape index (κ1) is 21.5. The number of anilines is 1. The molecule has 1 saturated heterocycles. The van der Waals surface area contributed by atoms with Gasteiger partial charge in [0.05, 0.1) is 42.0 Å². The summed E-state index contributed by atoms with van der Waals surface area (Å²) in [6.45, 7) is 1.18. The molecule has 1 N–H and O–H groups in total. The summed E-state index contributed by atoms with van der Waals surface area (Å²) < 4.78 is 37.9. The Kier molecular flexibility index (Phi) is 6.10. The number of nitrogens with one attached hydrogen (secondary N) is 1. The molecule has 0 bridgehead atoms. The summed E-state index contributed by atoms with van der Waals surface area (Å²) in [5.41, 5.74) is 1.06. The third kappa shape index (κ3) is 4.35. The van der Waals surface area contributed by atoms with E-state index in [0.29, 0.717) is 29.4 Å². The molecule has 4 rings (SSSR count). The maximum absolute atomic E-state index is 13.1. The molecule has 0 atom stereocenters. The van der Waals surface area contributed by atoms with Crippen molar-refractivity contribution in [2.45, 2.75) is 4.90 Å².